The van der Waals surface area contributed by atoms with Crippen molar-refractivity contribution in [3.63, 3.8) is 0 Å². The molecule has 1 aromatic heterocycles. The smallest absolute Gasteiger partial charge is 0.257 e. The molecular weight excluding hydrogens is 326 g/mol. The summed E-state index contributed by atoms with van der Waals surface area (Å²) in [7, 11) is -3.71. The standard InChI is InChI=1S/C11H16F2N4O2S.ClH/c12-11(13)8-17-7-10(6-15-17)20(18,19)16-5-9-1-3-14-4-2-9;/h1,6-7,11,14,16H,2-5,8H2;1H. The fraction of sp³-hybridized carbons (Fsp3) is 0.545. The molecule has 0 aromatic carbocycles. The Labute approximate surface area is 128 Å². The Bertz CT molecular complexity index is 589. The SMILES string of the molecule is Cl.O=S(=O)(NCC1=CCNCC1)c1cnn(CC(F)F)c1. The fourth-order valence-corrected chi connectivity index (χ4v) is 2.81. The molecule has 1 aliphatic heterocycles. The number of sulfonamides is 1. The zero-order valence-electron chi connectivity index (χ0n) is 11.1. The van der Waals surface area contributed by atoms with E-state index in [1.54, 1.807) is 0 Å². The number of hydrogen-bond donors (Lipinski definition) is 2. The lowest BCUT2D eigenvalue weighted by Crippen LogP contribution is -2.29. The van der Waals surface area contributed by atoms with Crippen molar-refractivity contribution in [1.29, 1.82) is 0 Å². The maximum atomic E-state index is 12.2. The van der Waals surface area contributed by atoms with E-state index in [9.17, 15) is 17.2 Å². The Hall–Kier alpha value is -1.03. The van der Waals surface area contributed by atoms with E-state index in [0.717, 1.165) is 42.2 Å². The second-order valence-electron chi connectivity index (χ2n) is 4.43. The minimum Gasteiger partial charge on any atom is -0.313 e. The zero-order valence-corrected chi connectivity index (χ0v) is 12.8. The molecule has 0 spiro atoms. The van der Waals surface area contributed by atoms with Gasteiger partial charge in [-0.2, -0.15) is 5.10 Å². The second kappa shape index (κ2) is 7.83. The van der Waals surface area contributed by atoms with Gasteiger partial charge in [0.05, 0.1) is 6.20 Å². The molecule has 0 amide bonds. The first kappa shape index (κ1) is 18.0. The maximum Gasteiger partial charge on any atom is 0.257 e. The van der Waals surface area contributed by atoms with Crippen LogP contribution in [0.3, 0.4) is 0 Å². The van der Waals surface area contributed by atoms with Gasteiger partial charge in [0.15, 0.2) is 0 Å². The number of nitrogens with zero attached hydrogens (tertiary/aromatic N) is 2. The van der Waals surface area contributed by atoms with Gasteiger partial charge in [-0.15, -0.1) is 12.4 Å². The van der Waals surface area contributed by atoms with Crippen LogP contribution in [0.1, 0.15) is 6.42 Å². The van der Waals surface area contributed by atoms with Gasteiger partial charge in [0.1, 0.15) is 11.4 Å². The molecule has 21 heavy (non-hydrogen) atoms. The average molecular weight is 343 g/mol. The lowest BCUT2D eigenvalue weighted by Gasteiger charge is -2.14. The third-order valence-corrected chi connectivity index (χ3v) is 4.25. The van der Waals surface area contributed by atoms with Crippen LogP contribution in [0.15, 0.2) is 28.9 Å². The Kier molecular flexibility index (Phi) is 6.72. The first-order valence-electron chi connectivity index (χ1n) is 6.16. The van der Waals surface area contributed by atoms with Gasteiger partial charge in [-0.25, -0.2) is 21.9 Å². The van der Waals surface area contributed by atoms with E-state index in [1.807, 2.05) is 6.08 Å². The third-order valence-electron chi connectivity index (χ3n) is 2.89. The van der Waals surface area contributed by atoms with Crippen molar-refractivity contribution < 1.29 is 17.2 Å². The van der Waals surface area contributed by atoms with Crippen LogP contribution < -0.4 is 10.0 Å². The first-order chi connectivity index (χ1) is 9.47. The number of aromatic nitrogens is 2. The normalized spacial score (nSPS) is 15.7. The number of halogens is 3. The lowest BCUT2D eigenvalue weighted by molar-refractivity contribution is 0.121. The van der Waals surface area contributed by atoms with E-state index in [2.05, 4.69) is 15.1 Å². The van der Waals surface area contributed by atoms with Gasteiger partial charge in [0, 0.05) is 19.3 Å². The molecule has 0 fully saturated rings. The zero-order chi connectivity index (χ0) is 14.6. The van der Waals surface area contributed by atoms with Gasteiger partial charge in [-0.05, 0) is 13.0 Å². The van der Waals surface area contributed by atoms with Crippen molar-refractivity contribution >= 4 is 22.4 Å². The van der Waals surface area contributed by atoms with Gasteiger partial charge in [-0.1, -0.05) is 11.6 Å². The molecule has 0 bridgehead atoms. The van der Waals surface area contributed by atoms with Crippen LogP contribution in [0.4, 0.5) is 8.78 Å². The van der Waals surface area contributed by atoms with Crippen molar-refractivity contribution in [3.05, 3.63) is 24.0 Å². The summed E-state index contributed by atoms with van der Waals surface area (Å²) in [6, 6.07) is 0. The second-order valence-corrected chi connectivity index (χ2v) is 6.20. The van der Waals surface area contributed by atoms with E-state index in [1.165, 1.54) is 0 Å². The van der Waals surface area contributed by atoms with E-state index >= 15 is 0 Å². The molecule has 0 saturated carbocycles. The minimum absolute atomic E-state index is 0. The summed E-state index contributed by atoms with van der Waals surface area (Å²) in [4.78, 5) is -0.104. The number of hydrogen-bond acceptors (Lipinski definition) is 4. The Morgan fingerprint density at radius 1 is 1.48 bits per heavy atom. The van der Waals surface area contributed by atoms with E-state index in [-0.39, 0.29) is 23.8 Å². The fourth-order valence-electron chi connectivity index (χ4n) is 1.83. The molecule has 6 nitrogen and oxygen atoms in total. The molecule has 0 aliphatic carbocycles. The summed E-state index contributed by atoms with van der Waals surface area (Å²) >= 11 is 0. The Morgan fingerprint density at radius 3 is 2.86 bits per heavy atom. The van der Waals surface area contributed by atoms with Crippen molar-refractivity contribution in [2.24, 2.45) is 0 Å². The molecule has 0 atom stereocenters. The number of nitrogens with one attached hydrogen (secondary N) is 2. The molecule has 0 unspecified atom stereocenters. The van der Waals surface area contributed by atoms with Crippen molar-refractivity contribution in [1.82, 2.24) is 19.8 Å². The molecule has 2 rings (SSSR count). The molecule has 1 aliphatic rings. The summed E-state index contributed by atoms with van der Waals surface area (Å²) < 4.78 is 51.7. The van der Waals surface area contributed by atoms with Crippen LogP contribution in [0.25, 0.3) is 0 Å². The van der Waals surface area contributed by atoms with E-state index in [0.29, 0.717) is 0 Å². The van der Waals surface area contributed by atoms with Gasteiger partial charge < -0.3 is 5.32 Å². The topological polar surface area (TPSA) is 76.0 Å². The van der Waals surface area contributed by atoms with Crippen molar-refractivity contribution in [2.75, 3.05) is 19.6 Å². The molecule has 1 aromatic rings. The van der Waals surface area contributed by atoms with Gasteiger partial charge in [0.25, 0.3) is 6.43 Å². The van der Waals surface area contributed by atoms with E-state index < -0.39 is 23.0 Å². The predicted molar refractivity (Wildman–Crippen MR) is 76.2 cm³/mol. The molecule has 0 radical (unpaired) electrons. The van der Waals surface area contributed by atoms with Crippen LogP contribution in [-0.2, 0) is 16.6 Å². The highest BCUT2D eigenvalue weighted by Gasteiger charge is 2.18. The van der Waals surface area contributed by atoms with Crippen molar-refractivity contribution in [2.45, 2.75) is 24.3 Å². The quantitative estimate of drug-likeness (QED) is 0.749. The molecular formula is C11H17ClF2N4O2S. The van der Waals surface area contributed by atoms with Crippen LogP contribution in [0, 0.1) is 0 Å². The number of rotatable bonds is 6. The summed E-state index contributed by atoms with van der Waals surface area (Å²) in [5.41, 5.74) is 1.01. The predicted octanol–water partition coefficient (Wildman–Crippen LogP) is 0.768. The summed E-state index contributed by atoms with van der Waals surface area (Å²) in [5.74, 6) is 0. The highest BCUT2D eigenvalue weighted by Crippen LogP contribution is 2.10. The van der Waals surface area contributed by atoms with Crippen LogP contribution >= 0.6 is 12.4 Å². The van der Waals surface area contributed by atoms with Gasteiger partial charge in [0.2, 0.25) is 10.0 Å². The monoisotopic (exact) mass is 342 g/mol. The highest BCUT2D eigenvalue weighted by molar-refractivity contribution is 7.89. The maximum absolute atomic E-state index is 12.2. The summed E-state index contributed by atoms with van der Waals surface area (Å²) in [5, 5.41) is 6.74. The van der Waals surface area contributed by atoms with Crippen LogP contribution in [0.2, 0.25) is 0 Å². The lowest BCUT2D eigenvalue weighted by atomic mass is 10.1. The van der Waals surface area contributed by atoms with Crippen LogP contribution in [0.5, 0.6) is 0 Å². The Morgan fingerprint density at radius 2 is 2.24 bits per heavy atom. The molecule has 0 saturated heterocycles. The first-order valence-corrected chi connectivity index (χ1v) is 7.64. The van der Waals surface area contributed by atoms with Gasteiger partial charge in [-0.3, -0.25) is 4.68 Å². The molecule has 120 valence electrons. The third kappa shape index (κ3) is 5.34. The molecule has 10 heteroatoms. The largest absolute Gasteiger partial charge is 0.313 e. The molecule has 2 N–H and O–H groups in total. The highest BCUT2D eigenvalue weighted by atomic mass is 35.5. The average Bonchev–Trinajstić information content (AvgIpc) is 2.86. The number of alkyl halides is 2. The minimum atomic E-state index is -3.71. The summed E-state index contributed by atoms with van der Waals surface area (Å²) in [6.45, 7) is 1.15. The Balaban J connectivity index is 0.00000220. The molecule has 2 heterocycles. The van der Waals surface area contributed by atoms with Gasteiger partial charge >= 0.3 is 0 Å². The van der Waals surface area contributed by atoms with Crippen LogP contribution in [-0.4, -0.2) is 44.3 Å². The van der Waals surface area contributed by atoms with Crippen molar-refractivity contribution in [3.8, 4) is 0 Å². The summed E-state index contributed by atoms with van der Waals surface area (Å²) in [6.07, 6.45) is 2.32. The van der Waals surface area contributed by atoms with E-state index in [4.69, 9.17) is 0 Å².